The molecule has 1 aromatic rings. The van der Waals surface area contributed by atoms with Gasteiger partial charge < -0.3 is 15.7 Å². The van der Waals surface area contributed by atoms with E-state index in [1.54, 1.807) is 18.7 Å². The zero-order chi connectivity index (χ0) is 15.5. The molecule has 1 heterocycles. The number of carbonyl (C=O) groups is 2. The van der Waals surface area contributed by atoms with Crippen LogP contribution in [0.3, 0.4) is 0 Å². The van der Waals surface area contributed by atoms with Crippen molar-refractivity contribution in [2.24, 2.45) is 0 Å². The molecule has 6 heteroatoms. The molecule has 0 fully saturated rings. The molecule has 21 heavy (non-hydrogen) atoms. The summed E-state index contributed by atoms with van der Waals surface area (Å²) in [7, 11) is 0. The first-order valence-corrected chi connectivity index (χ1v) is 7.96. The largest absolute Gasteiger partial charge is 0.480 e. The Balaban J connectivity index is 1.90. The fraction of sp³-hybridized carbons (Fsp3) is 0.467. The van der Waals surface area contributed by atoms with Crippen LogP contribution >= 0.6 is 11.8 Å². The highest BCUT2D eigenvalue weighted by Crippen LogP contribution is 2.38. The Morgan fingerprint density at radius 1 is 1.43 bits per heavy atom. The summed E-state index contributed by atoms with van der Waals surface area (Å²) in [5.74, 6) is 0.181. The standard InChI is InChI=1S/C15H20N2O3S/c1-3-15(2,13(18)19)17-14(20)16-8-10-9-21-12-7-5-4-6-11(10)12/h4-7,10H,3,8-9H2,1-2H3,(H,18,19)(H2,16,17,20). The number of rotatable bonds is 5. The summed E-state index contributed by atoms with van der Waals surface area (Å²) >= 11 is 1.78. The van der Waals surface area contributed by atoms with E-state index in [1.807, 2.05) is 12.1 Å². The normalized spacial score (nSPS) is 19.4. The molecule has 2 unspecified atom stereocenters. The first-order chi connectivity index (χ1) is 9.96. The molecule has 0 aromatic heterocycles. The van der Waals surface area contributed by atoms with Crippen LogP contribution in [-0.4, -0.2) is 34.9 Å². The molecule has 1 aliphatic rings. The summed E-state index contributed by atoms with van der Waals surface area (Å²) in [4.78, 5) is 24.3. The van der Waals surface area contributed by atoms with Crippen molar-refractivity contribution in [3.8, 4) is 0 Å². The van der Waals surface area contributed by atoms with E-state index in [9.17, 15) is 9.59 Å². The summed E-state index contributed by atoms with van der Waals surface area (Å²) in [6, 6.07) is 7.73. The van der Waals surface area contributed by atoms with Gasteiger partial charge in [-0.25, -0.2) is 9.59 Å². The number of amides is 2. The number of urea groups is 1. The quantitative estimate of drug-likeness (QED) is 0.780. The fourth-order valence-electron chi connectivity index (χ4n) is 2.20. The minimum Gasteiger partial charge on any atom is -0.480 e. The number of nitrogens with one attached hydrogen (secondary N) is 2. The van der Waals surface area contributed by atoms with Gasteiger partial charge in [-0.3, -0.25) is 0 Å². The SMILES string of the molecule is CCC(C)(NC(=O)NCC1CSc2ccccc21)C(=O)O. The maximum Gasteiger partial charge on any atom is 0.329 e. The van der Waals surface area contributed by atoms with Crippen LogP contribution in [0.15, 0.2) is 29.2 Å². The highest BCUT2D eigenvalue weighted by atomic mass is 32.2. The summed E-state index contributed by atoms with van der Waals surface area (Å²) in [5.41, 5.74) is 0.0196. The molecule has 0 aliphatic carbocycles. The zero-order valence-corrected chi connectivity index (χ0v) is 13.0. The first kappa shape index (κ1) is 15.7. The average molecular weight is 308 g/mol. The minimum absolute atomic E-state index is 0.273. The van der Waals surface area contributed by atoms with Crippen molar-refractivity contribution >= 4 is 23.8 Å². The van der Waals surface area contributed by atoms with E-state index >= 15 is 0 Å². The molecule has 0 bridgehead atoms. The number of thioether (sulfide) groups is 1. The second-order valence-electron chi connectivity index (χ2n) is 5.37. The van der Waals surface area contributed by atoms with E-state index in [1.165, 1.54) is 17.4 Å². The summed E-state index contributed by atoms with van der Waals surface area (Å²) in [6.07, 6.45) is 0.331. The molecule has 5 nitrogen and oxygen atoms in total. The summed E-state index contributed by atoms with van der Waals surface area (Å²) < 4.78 is 0. The second-order valence-corrected chi connectivity index (χ2v) is 6.43. The van der Waals surface area contributed by atoms with Crippen LogP contribution in [0.5, 0.6) is 0 Å². The van der Waals surface area contributed by atoms with Crippen LogP contribution in [0.2, 0.25) is 0 Å². The van der Waals surface area contributed by atoms with Crippen molar-refractivity contribution in [1.29, 1.82) is 0 Å². The second kappa shape index (κ2) is 6.39. The molecule has 2 amide bonds. The molecule has 0 saturated heterocycles. The predicted octanol–water partition coefficient (Wildman–Crippen LogP) is 2.43. The molecule has 1 aliphatic heterocycles. The van der Waals surface area contributed by atoms with Gasteiger partial charge in [-0.05, 0) is 25.0 Å². The Kier molecular flexibility index (Phi) is 4.77. The number of hydrogen-bond donors (Lipinski definition) is 3. The molecule has 3 N–H and O–H groups in total. The van der Waals surface area contributed by atoms with Gasteiger partial charge in [0.25, 0.3) is 0 Å². The molecular weight excluding hydrogens is 288 g/mol. The lowest BCUT2D eigenvalue weighted by atomic mass is 9.99. The zero-order valence-electron chi connectivity index (χ0n) is 12.2. The van der Waals surface area contributed by atoms with E-state index in [0.717, 1.165) is 5.75 Å². The van der Waals surface area contributed by atoms with E-state index < -0.39 is 17.5 Å². The van der Waals surface area contributed by atoms with Gasteiger partial charge in [-0.15, -0.1) is 11.8 Å². The van der Waals surface area contributed by atoms with Crippen molar-refractivity contribution in [2.75, 3.05) is 12.3 Å². The van der Waals surface area contributed by atoms with Gasteiger partial charge in [-0.2, -0.15) is 0 Å². The van der Waals surface area contributed by atoms with Crippen LogP contribution in [0.4, 0.5) is 4.79 Å². The van der Waals surface area contributed by atoms with Crippen molar-refractivity contribution in [2.45, 2.75) is 36.6 Å². The third-order valence-corrected chi connectivity index (χ3v) is 5.13. The third kappa shape index (κ3) is 3.50. The molecule has 0 saturated carbocycles. The van der Waals surface area contributed by atoms with Crippen LogP contribution in [0, 0.1) is 0 Å². The highest BCUT2D eigenvalue weighted by Gasteiger charge is 2.33. The van der Waals surface area contributed by atoms with Crippen molar-refractivity contribution in [3.05, 3.63) is 29.8 Å². The van der Waals surface area contributed by atoms with Crippen LogP contribution < -0.4 is 10.6 Å². The number of carbonyl (C=O) groups excluding carboxylic acids is 1. The van der Waals surface area contributed by atoms with E-state index in [0.29, 0.717) is 13.0 Å². The molecule has 1 aromatic carbocycles. The molecule has 0 spiro atoms. The lowest BCUT2D eigenvalue weighted by Crippen LogP contribution is -2.55. The lowest BCUT2D eigenvalue weighted by molar-refractivity contribution is -0.143. The molecular formula is C15H20N2O3S. The molecule has 114 valence electrons. The maximum atomic E-state index is 11.9. The smallest absolute Gasteiger partial charge is 0.329 e. The Morgan fingerprint density at radius 2 is 2.14 bits per heavy atom. The number of fused-ring (bicyclic) bond motifs is 1. The Morgan fingerprint density at radius 3 is 2.81 bits per heavy atom. The van der Waals surface area contributed by atoms with Gasteiger partial charge in [-0.1, -0.05) is 25.1 Å². The Bertz CT molecular complexity index is 549. The van der Waals surface area contributed by atoms with Crippen LogP contribution in [0.1, 0.15) is 31.7 Å². The third-order valence-electron chi connectivity index (χ3n) is 3.88. The molecule has 2 atom stereocenters. The Hall–Kier alpha value is -1.69. The number of hydrogen-bond acceptors (Lipinski definition) is 3. The number of benzene rings is 1. The minimum atomic E-state index is -1.23. The number of aliphatic carboxylic acids is 1. The maximum absolute atomic E-state index is 11.9. The van der Waals surface area contributed by atoms with Crippen LogP contribution in [-0.2, 0) is 4.79 Å². The van der Waals surface area contributed by atoms with E-state index in [4.69, 9.17) is 5.11 Å². The van der Waals surface area contributed by atoms with Gasteiger partial charge in [0.15, 0.2) is 0 Å². The van der Waals surface area contributed by atoms with E-state index in [-0.39, 0.29) is 5.92 Å². The number of carboxylic acid groups (broad SMARTS) is 1. The lowest BCUT2D eigenvalue weighted by Gasteiger charge is -2.25. The topological polar surface area (TPSA) is 78.4 Å². The highest BCUT2D eigenvalue weighted by molar-refractivity contribution is 7.99. The fourth-order valence-corrected chi connectivity index (χ4v) is 3.46. The van der Waals surface area contributed by atoms with Gasteiger partial charge in [0.2, 0.25) is 0 Å². The van der Waals surface area contributed by atoms with Gasteiger partial charge in [0, 0.05) is 23.1 Å². The van der Waals surface area contributed by atoms with Crippen molar-refractivity contribution in [3.63, 3.8) is 0 Å². The summed E-state index contributed by atoms with van der Waals surface area (Å²) in [5, 5.41) is 14.5. The number of carboxylic acids is 1. The van der Waals surface area contributed by atoms with Crippen LogP contribution in [0.25, 0.3) is 0 Å². The van der Waals surface area contributed by atoms with Gasteiger partial charge >= 0.3 is 12.0 Å². The van der Waals surface area contributed by atoms with Crippen molar-refractivity contribution < 1.29 is 14.7 Å². The Labute approximate surface area is 128 Å². The van der Waals surface area contributed by atoms with E-state index in [2.05, 4.69) is 22.8 Å². The first-order valence-electron chi connectivity index (χ1n) is 6.97. The average Bonchev–Trinajstić information content (AvgIpc) is 2.88. The van der Waals surface area contributed by atoms with Gasteiger partial charge in [0.05, 0.1) is 0 Å². The summed E-state index contributed by atoms with van der Waals surface area (Å²) in [6.45, 7) is 3.75. The molecule has 0 radical (unpaired) electrons. The molecule has 2 rings (SSSR count). The monoisotopic (exact) mass is 308 g/mol. The van der Waals surface area contributed by atoms with Gasteiger partial charge in [0.1, 0.15) is 5.54 Å². The van der Waals surface area contributed by atoms with Crippen molar-refractivity contribution in [1.82, 2.24) is 10.6 Å². The predicted molar refractivity (Wildman–Crippen MR) is 82.8 cm³/mol.